The molecule has 1 aromatic carbocycles. The molecule has 3 heterocycles. The molecule has 10 heteroatoms. The molecule has 0 radical (unpaired) electrons. The molecule has 1 saturated heterocycles. The lowest BCUT2D eigenvalue weighted by Crippen LogP contribution is -2.35. The van der Waals surface area contributed by atoms with Gasteiger partial charge in [-0.25, -0.2) is 4.98 Å². The minimum atomic E-state index is -0.390. The Hall–Kier alpha value is -4.21. The Morgan fingerprint density at radius 1 is 1.09 bits per heavy atom. The van der Waals surface area contributed by atoms with Gasteiger partial charge in [0.1, 0.15) is 17.4 Å². The van der Waals surface area contributed by atoms with Crippen LogP contribution in [0, 0.1) is 12.8 Å². The second-order valence-electron chi connectivity index (χ2n) is 7.97. The van der Waals surface area contributed by atoms with Crippen molar-refractivity contribution in [3.8, 4) is 5.75 Å². The predicted molar refractivity (Wildman–Crippen MR) is 129 cm³/mol. The van der Waals surface area contributed by atoms with Crippen LogP contribution in [0.15, 0.2) is 54.7 Å². The Bertz CT molecular complexity index is 1140. The Balaban J connectivity index is 1.20. The van der Waals surface area contributed by atoms with E-state index < -0.39 is 0 Å². The summed E-state index contributed by atoms with van der Waals surface area (Å²) in [5.41, 5.74) is 1.81. The van der Waals surface area contributed by atoms with Crippen LogP contribution >= 0.6 is 0 Å². The lowest BCUT2D eigenvalue weighted by Gasteiger charge is -2.17. The number of carbonyl (C=O) groups excluding carboxylic acids is 2. The highest BCUT2D eigenvalue weighted by Crippen LogP contribution is 2.27. The van der Waals surface area contributed by atoms with Gasteiger partial charge in [-0.05, 0) is 42.8 Å². The number of anilines is 4. The third-order valence-corrected chi connectivity index (χ3v) is 5.42. The topological polar surface area (TPSA) is 121 Å². The minimum absolute atomic E-state index is 0.0728. The van der Waals surface area contributed by atoms with Crippen LogP contribution in [0.5, 0.6) is 5.75 Å². The second kappa shape index (κ2) is 10.6. The van der Waals surface area contributed by atoms with Gasteiger partial charge in [0.25, 0.3) is 0 Å². The van der Waals surface area contributed by atoms with Crippen molar-refractivity contribution >= 4 is 35.0 Å². The molecule has 10 nitrogen and oxygen atoms in total. The van der Waals surface area contributed by atoms with E-state index in [0.717, 1.165) is 11.3 Å². The molecule has 1 atom stereocenters. The quantitative estimate of drug-likeness (QED) is 0.416. The Labute approximate surface area is 197 Å². The van der Waals surface area contributed by atoms with Gasteiger partial charge in [-0.15, -0.1) is 10.2 Å². The van der Waals surface area contributed by atoms with Crippen LogP contribution in [-0.4, -0.2) is 53.7 Å². The maximum absolute atomic E-state index is 12.6. The van der Waals surface area contributed by atoms with Crippen LogP contribution in [-0.2, 0) is 9.59 Å². The third kappa shape index (κ3) is 5.77. The van der Waals surface area contributed by atoms with Gasteiger partial charge in [0.05, 0.1) is 13.0 Å². The highest BCUT2D eigenvalue weighted by atomic mass is 16.5. The zero-order chi connectivity index (χ0) is 23.9. The number of rotatable bonds is 9. The van der Waals surface area contributed by atoms with Crippen LogP contribution in [0.25, 0.3) is 0 Å². The molecule has 1 fully saturated rings. The maximum atomic E-state index is 12.6. The molecule has 2 amide bonds. The first-order chi connectivity index (χ1) is 16.5. The summed E-state index contributed by atoms with van der Waals surface area (Å²) in [5, 5.41) is 17.4. The minimum Gasteiger partial charge on any atom is -0.497 e. The van der Waals surface area contributed by atoms with E-state index in [2.05, 4.69) is 31.1 Å². The summed E-state index contributed by atoms with van der Waals surface area (Å²) in [5.74, 6) is 1.94. The number of methoxy groups -OCH3 is 1. The normalized spacial score (nSPS) is 15.2. The zero-order valence-corrected chi connectivity index (χ0v) is 19.1. The highest BCUT2D eigenvalue weighted by molar-refractivity contribution is 6.00. The largest absolute Gasteiger partial charge is 0.497 e. The fourth-order valence-electron chi connectivity index (χ4n) is 3.60. The summed E-state index contributed by atoms with van der Waals surface area (Å²) in [6.07, 6.45) is 1.96. The van der Waals surface area contributed by atoms with Crippen molar-refractivity contribution < 1.29 is 14.3 Å². The van der Waals surface area contributed by atoms with Crippen LogP contribution in [0.4, 0.5) is 23.1 Å². The molecule has 4 rings (SSSR count). The summed E-state index contributed by atoms with van der Waals surface area (Å²) >= 11 is 0. The number of aryl methyl sites for hydroxylation is 1. The molecular formula is C24H27N7O3. The van der Waals surface area contributed by atoms with Crippen LogP contribution in [0.2, 0.25) is 0 Å². The number of amides is 2. The van der Waals surface area contributed by atoms with Gasteiger partial charge in [-0.2, -0.15) is 0 Å². The average molecular weight is 462 g/mol. The first-order valence-electron chi connectivity index (χ1n) is 11.0. The second-order valence-corrected chi connectivity index (χ2v) is 7.97. The maximum Gasteiger partial charge on any atom is 0.227 e. The molecule has 3 aromatic rings. The number of nitrogens with zero attached hydrogens (tertiary/aromatic N) is 4. The highest BCUT2D eigenvalue weighted by Gasteiger charge is 2.35. The molecule has 0 spiro atoms. The fourth-order valence-corrected chi connectivity index (χ4v) is 3.60. The van der Waals surface area contributed by atoms with E-state index in [4.69, 9.17) is 4.74 Å². The van der Waals surface area contributed by atoms with Gasteiger partial charge in [-0.3, -0.25) is 9.59 Å². The molecular weight excluding hydrogens is 434 g/mol. The fraction of sp³-hybridized carbons (Fsp3) is 0.292. The monoisotopic (exact) mass is 461 g/mol. The smallest absolute Gasteiger partial charge is 0.227 e. The summed E-state index contributed by atoms with van der Waals surface area (Å²) in [6, 6.07) is 14.7. The Morgan fingerprint density at radius 2 is 1.88 bits per heavy atom. The number of pyridine rings is 1. The number of hydrogen-bond donors (Lipinski definition) is 3. The Kier molecular flexibility index (Phi) is 7.16. The van der Waals surface area contributed by atoms with Gasteiger partial charge in [0.15, 0.2) is 5.82 Å². The van der Waals surface area contributed by atoms with E-state index >= 15 is 0 Å². The molecule has 1 unspecified atom stereocenters. The number of carbonyl (C=O) groups is 2. The first kappa shape index (κ1) is 23.0. The van der Waals surface area contributed by atoms with Crippen molar-refractivity contribution in [3.05, 3.63) is 60.3 Å². The van der Waals surface area contributed by atoms with Gasteiger partial charge in [0, 0.05) is 44.0 Å². The number of aromatic nitrogens is 3. The van der Waals surface area contributed by atoms with E-state index in [0.29, 0.717) is 42.8 Å². The van der Waals surface area contributed by atoms with Crippen molar-refractivity contribution in [1.29, 1.82) is 0 Å². The third-order valence-electron chi connectivity index (χ3n) is 5.42. The van der Waals surface area contributed by atoms with Crippen molar-refractivity contribution in [2.24, 2.45) is 5.92 Å². The van der Waals surface area contributed by atoms with Gasteiger partial charge < -0.3 is 25.6 Å². The van der Waals surface area contributed by atoms with Crippen LogP contribution in [0.1, 0.15) is 12.0 Å². The van der Waals surface area contributed by atoms with Crippen molar-refractivity contribution in [2.75, 3.05) is 42.3 Å². The molecule has 2 aromatic heterocycles. The molecule has 0 saturated carbocycles. The summed E-state index contributed by atoms with van der Waals surface area (Å²) in [6.45, 7) is 3.20. The average Bonchev–Trinajstić information content (AvgIpc) is 3.26. The molecule has 176 valence electrons. The van der Waals surface area contributed by atoms with Gasteiger partial charge in [-0.1, -0.05) is 12.1 Å². The first-order valence-corrected chi connectivity index (χ1v) is 11.0. The molecule has 1 aliphatic rings. The summed E-state index contributed by atoms with van der Waals surface area (Å²) < 4.78 is 5.22. The van der Waals surface area contributed by atoms with Crippen molar-refractivity contribution in [2.45, 2.75) is 13.3 Å². The molecule has 1 aliphatic heterocycles. The number of benzene rings is 1. The standard InChI is InChI=1S/C24H27N7O3/c1-16-6-7-20(27-14-16)28-22-9-8-21(29-30-22)25-10-11-26-24(33)17-12-23(32)31(15-17)18-4-3-5-19(13-18)34-2/h3-9,13-14,17H,10-12,15H2,1-2H3,(H,25,29)(H,26,33)(H,27,28,30). The number of hydrogen-bond acceptors (Lipinski definition) is 8. The van der Waals surface area contributed by atoms with Gasteiger partial charge in [0.2, 0.25) is 11.8 Å². The number of ether oxygens (including phenoxy) is 1. The molecule has 3 N–H and O–H groups in total. The Morgan fingerprint density at radius 3 is 2.62 bits per heavy atom. The van der Waals surface area contributed by atoms with E-state index in [1.165, 1.54) is 0 Å². The predicted octanol–water partition coefficient (Wildman–Crippen LogP) is 2.51. The molecule has 34 heavy (non-hydrogen) atoms. The SMILES string of the molecule is COc1cccc(N2CC(C(=O)NCCNc3ccc(Nc4ccc(C)cn4)nn3)CC2=O)c1. The van der Waals surface area contributed by atoms with E-state index in [1.54, 1.807) is 36.4 Å². The number of nitrogens with one attached hydrogen (secondary N) is 3. The molecule has 0 aliphatic carbocycles. The summed E-state index contributed by atoms with van der Waals surface area (Å²) in [7, 11) is 1.58. The summed E-state index contributed by atoms with van der Waals surface area (Å²) in [4.78, 5) is 30.9. The van der Waals surface area contributed by atoms with Gasteiger partial charge >= 0.3 is 0 Å². The van der Waals surface area contributed by atoms with E-state index in [9.17, 15) is 9.59 Å². The lowest BCUT2D eigenvalue weighted by molar-refractivity contribution is -0.126. The lowest BCUT2D eigenvalue weighted by atomic mass is 10.1. The van der Waals surface area contributed by atoms with E-state index in [1.807, 2.05) is 37.3 Å². The van der Waals surface area contributed by atoms with Crippen molar-refractivity contribution in [3.63, 3.8) is 0 Å². The van der Waals surface area contributed by atoms with Crippen LogP contribution < -0.4 is 25.6 Å². The zero-order valence-electron chi connectivity index (χ0n) is 19.1. The van der Waals surface area contributed by atoms with Crippen LogP contribution in [0.3, 0.4) is 0 Å². The van der Waals surface area contributed by atoms with Crippen molar-refractivity contribution in [1.82, 2.24) is 20.5 Å². The van der Waals surface area contributed by atoms with E-state index in [-0.39, 0.29) is 24.2 Å². The molecule has 0 bridgehead atoms.